The van der Waals surface area contributed by atoms with Gasteiger partial charge in [0.1, 0.15) is 6.07 Å². The number of ether oxygens (including phenoxy) is 1. The first-order valence-corrected chi connectivity index (χ1v) is 5.93. The van der Waals surface area contributed by atoms with Crippen LogP contribution in [0.4, 0.5) is 5.69 Å². The Morgan fingerprint density at radius 2 is 2.22 bits per heavy atom. The van der Waals surface area contributed by atoms with Crippen molar-refractivity contribution in [1.29, 1.82) is 5.26 Å². The average Bonchev–Trinajstić information content (AvgIpc) is 2.39. The predicted octanol–water partition coefficient (Wildman–Crippen LogP) is 2.86. The monoisotopic (exact) mass is 246 g/mol. The van der Waals surface area contributed by atoms with Crippen molar-refractivity contribution < 1.29 is 9.53 Å². The maximum Gasteiger partial charge on any atom is 0.338 e. The summed E-state index contributed by atoms with van der Waals surface area (Å²) in [7, 11) is 1.35. The largest absolute Gasteiger partial charge is 0.465 e. The number of methoxy groups -OCH3 is 1. The quantitative estimate of drug-likeness (QED) is 0.830. The third-order valence-electron chi connectivity index (χ3n) is 2.90. The van der Waals surface area contributed by atoms with Crippen molar-refractivity contribution in [3.05, 3.63) is 28.8 Å². The number of nitriles is 1. The van der Waals surface area contributed by atoms with Crippen LogP contribution in [-0.4, -0.2) is 19.1 Å². The Morgan fingerprint density at radius 1 is 1.56 bits per heavy atom. The maximum atomic E-state index is 11.6. The number of hydrogen-bond acceptors (Lipinski definition) is 4. The van der Waals surface area contributed by atoms with Gasteiger partial charge in [0.25, 0.3) is 0 Å². The number of rotatable bonds is 4. The fourth-order valence-corrected chi connectivity index (χ4v) is 1.62. The van der Waals surface area contributed by atoms with Gasteiger partial charge in [-0.05, 0) is 38.0 Å². The molecule has 0 fully saturated rings. The van der Waals surface area contributed by atoms with E-state index in [0.29, 0.717) is 16.8 Å². The fraction of sp³-hybridized carbons (Fsp3) is 0.429. The van der Waals surface area contributed by atoms with Gasteiger partial charge < -0.3 is 10.1 Å². The Bertz CT molecular complexity index is 489. The van der Waals surface area contributed by atoms with E-state index in [1.165, 1.54) is 7.11 Å². The Balaban J connectivity index is 3.23. The van der Waals surface area contributed by atoms with E-state index >= 15 is 0 Å². The van der Waals surface area contributed by atoms with Crippen LogP contribution in [0.25, 0.3) is 0 Å². The standard InChI is InChI=1S/C14H18N2O2/c1-5-10(3)16-13-7-12(14(17)18-4)9(2)6-11(13)8-15/h6-7,10,16H,5H2,1-4H3/t10-/m1/s1. The molecule has 4 nitrogen and oxygen atoms in total. The van der Waals surface area contributed by atoms with Gasteiger partial charge in [0.05, 0.1) is 23.9 Å². The lowest BCUT2D eigenvalue weighted by Gasteiger charge is -2.16. The Labute approximate surface area is 108 Å². The smallest absolute Gasteiger partial charge is 0.338 e. The number of anilines is 1. The number of benzene rings is 1. The molecule has 96 valence electrons. The summed E-state index contributed by atoms with van der Waals surface area (Å²) in [5.74, 6) is -0.385. The summed E-state index contributed by atoms with van der Waals surface area (Å²) < 4.78 is 4.73. The molecule has 0 aromatic heterocycles. The van der Waals surface area contributed by atoms with Gasteiger partial charge >= 0.3 is 5.97 Å². The number of carbonyl (C=O) groups is 1. The summed E-state index contributed by atoms with van der Waals surface area (Å²) >= 11 is 0. The van der Waals surface area contributed by atoms with Crippen molar-refractivity contribution in [2.75, 3.05) is 12.4 Å². The Morgan fingerprint density at radius 3 is 2.72 bits per heavy atom. The summed E-state index contributed by atoms with van der Waals surface area (Å²) in [5, 5.41) is 12.3. The van der Waals surface area contributed by atoms with Crippen LogP contribution in [-0.2, 0) is 4.74 Å². The molecule has 0 aliphatic rings. The number of aryl methyl sites for hydroxylation is 1. The van der Waals surface area contributed by atoms with Crippen LogP contribution in [0.3, 0.4) is 0 Å². The van der Waals surface area contributed by atoms with E-state index in [9.17, 15) is 4.79 Å². The van der Waals surface area contributed by atoms with E-state index in [1.54, 1.807) is 19.1 Å². The van der Waals surface area contributed by atoms with Crippen LogP contribution in [0.15, 0.2) is 12.1 Å². The van der Waals surface area contributed by atoms with E-state index < -0.39 is 0 Å². The van der Waals surface area contributed by atoms with Crippen LogP contribution >= 0.6 is 0 Å². The summed E-state index contributed by atoms with van der Waals surface area (Å²) in [6.45, 7) is 5.87. The van der Waals surface area contributed by atoms with Gasteiger partial charge in [0, 0.05) is 6.04 Å². The zero-order chi connectivity index (χ0) is 13.7. The molecule has 0 aliphatic carbocycles. The summed E-state index contributed by atoms with van der Waals surface area (Å²) in [6, 6.07) is 5.77. The zero-order valence-electron chi connectivity index (χ0n) is 11.2. The molecule has 0 unspecified atom stereocenters. The highest BCUT2D eigenvalue weighted by Gasteiger charge is 2.14. The van der Waals surface area contributed by atoms with Crippen molar-refractivity contribution in [1.82, 2.24) is 0 Å². The second-order valence-corrected chi connectivity index (χ2v) is 4.27. The van der Waals surface area contributed by atoms with Crippen molar-refractivity contribution in [3.8, 4) is 6.07 Å². The molecule has 0 radical (unpaired) electrons. The molecule has 1 aromatic rings. The number of hydrogen-bond donors (Lipinski definition) is 1. The second kappa shape index (κ2) is 6.06. The minimum absolute atomic E-state index is 0.241. The molecular formula is C14H18N2O2. The first kappa shape index (κ1) is 14.0. The van der Waals surface area contributed by atoms with Crippen molar-refractivity contribution >= 4 is 11.7 Å². The lowest BCUT2D eigenvalue weighted by Crippen LogP contribution is -2.15. The molecule has 0 bridgehead atoms. The van der Waals surface area contributed by atoms with Gasteiger partial charge in [-0.25, -0.2) is 4.79 Å². The van der Waals surface area contributed by atoms with Gasteiger partial charge in [-0.1, -0.05) is 6.92 Å². The molecule has 0 saturated heterocycles. The van der Waals surface area contributed by atoms with Crippen LogP contribution < -0.4 is 5.32 Å². The molecule has 1 rings (SSSR count). The average molecular weight is 246 g/mol. The van der Waals surface area contributed by atoms with Gasteiger partial charge in [-0.3, -0.25) is 0 Å². The highest BCUT2D eigenvalue weighted by Crippen LogP contribution is 2.22. The molecule has 0 amide bonds. The molecule has 1 aromatic carbocycles. The first-order chi connectivity index (χ1) is 8.53. The van der Waals surface area contributed by atoms with Gasteiger partial charge in [-0.2, -0.15) is 5.26 Å². The molecule has 0 spiro atoms. The van der Waals surface area contributed by atoms with Crippen LogP contribution in [0.1, 0.15) is 41.8 Å². The molecule has 0 heterocycles. The number of esters is 1. The van der Waals surface area contributed by atoms with E-state index in [1.807, 2.05) is 6.92 Å². The molecule has 1 N–H and O–H groups in total. The molecule has 4 heteroatoms. The second-order valence-electron chi connectivity index (χ2n) is 4.27. The predicted molar refractivity (Wildman–Crippen MR) is 70.6 cm³/mol. The summed E-state index contributed by atoms with van der Waals surface area (Å²) in [5.41, 5.74) is 2.45. The van der Waals surface area contributed by atoms with Crippen molar-refractivity contribution in [2.45, 2.75) is 33.2 Å². The van der Waals surface area contributed by atoms with Crippen molar-refractivity contribution in [2.24, 2.45) is 0 Å². The van der Waals surface area contributed by atoms with Gasteiger partial charge in [-0.15, -0.1) is 0 Å². The third kappa shape index (κ3) is 3.01. The maximum absolute atomic E-state index is 11.6. The van der Waals surface area contributed by atoms with E-state index in [-0.39, 0.29) is 12.0 Å². The van der Waals surface area contributed by atoms with Crippen LogP contribution in [0.5, 0.6) is 0 Å². The highest BCUT2D eigenvalue weighted by atomic mass is 16.5. The molecule has 1 atom stereocenters. The summed E-state index contributed by atoms with van der Waals surface area (Å²) in [6.07, 6.45) is 0.937. The number of nitrogens with zero attached hydrogens (tertiary/aromatic N) is 1. The highest BCUT2D eigenvalue weighted by molar-refractivity contribution is 5.92. The van der Waals surface area contributed by atoms with E-state index in [2.05, 4.69) is 18.3 Å². The van der Waals surface area contributed by atoms with E-state index in [4.69, 9.17) is 10.00 Å². The lowest BCUT2D eigenvalue weighted by atomic mass is 10.0. The topological polar surface area (TPSA) is 62.1 Å². The van der Waals surface area contributed by atoms with Gasteiger partial charge in [0.15, 0.2) is 0 Å². The van der Waals surface area contributed by atoms with Crippen LogP contribution in [0.2, 0.25) is 0 Å². The number of carbonyl (C=O) groups excluding carboxylic acids is 1. The molecule has 18 heavy (non-hydrogen) atoms. The Hall–Kier alpha value is -2.02. The van der Waals surface area contributed by atoms with Crippen LogP contribution in [0, 0.1) is 18.3 Å². The fourth-order valence-electron chi connectivity index (χ4n) is 1.62. The third-order valence-corrected chi connectivity index (χ3v) is 2.90. The van der Waals surface area contributed by atoms with Gasteiger partial charge in [0.2, 0.25) is 0 Å². The molecule has 0 saturated carbocycles. The minimum Gasteiger partial charge on any atom is -0.465 e. The Kier molecular flexibility index (Phi) is 4.73. The number of nitrogens with one attached hydrogen (secondary N) is 1. The zero-order valence-corrected chi connectivity index (χ0v) is 11.2. The molecule has 0 aliphatic heterocycles. The lowest BCUT2D eigenvalue weighted by molar-refractivity contribution is 0.0600. The molecular weight excluding hydrogens is 228 g/mol. The first-order valence-electron chi connectivity index (χ1n) is 5.93. The normalized spacial score (nSPS) is 11.5. The van der Waals surface area contributed by atoms with Crippen molar-refractivity contribution in [3.63, 3.8) is 0 Å². The minimum atomic E-state index is -0.385. The SMILES string of the molecule is CC[C@@H](C)Nc1cc(C(=O)OC)c(C)cc1C#N. The van der Waals surface area contributed by atoms with E-state index in [0.717, 1.165) is 12.0 Å². The summed E-state index contributed by atoms with van der Waals surface area (Å²) in [4.78, 5) is 11.6.